The molecule has 1 aromatic rings. The van der Waals surface area contributed by atoms with Gasteiger partial charge < -0.3 is 19.3 Å². The first kappa shape index (κ1) is 23.0. The standard InChI is InChI=1S/C23H36N2O4/c1-5-8-13-24(4)22(26)18-11-14-25(15-12-18)23(27)19-9-10-20(29-16-6-2)21(17-19)28-7-3/h9-10,17-18H,5-8,11-16H2,1-4H3. The van der Waals surface area contributed by atoms with E-state index in [0.717, 1.165) is 38.6 Å². The number of piperidine rings is 1. The second-order valence-corrected chi connectivity index (χ2v) is 7.62. The number of nitrogens with zero attached hydrogens (tertiary/aromatic N) is 2. The van der Waals surface area contributed by atoms with Gasteiger partial charge in [0.2, 0.25) is 5.91 Å². The van der Waals surface area contributed by atoms with E-state index in [1.165, 1.54) is 0 Å². The van der Waals surface area contributed by atoms with Gasteiger partial charge in [0.25, 0.3) is 5.91 Å². The molecule has 0 atom stereocenters. The Morgan fingerprint density at radius 2 is 1.79 bits per heavy atom. The van der Waals surface area contributed by atoms with Crippen molar-refractivity contribution in [2.24, 2.45) is 5.92 Å². The molecule has 1 heterocycles. The van der Waals surface area contributed by atoms with Gasteiger partial charge in [0.15, 0.2) is 11.5 Å². The van der Waals surface area contributed by atoms with Crippen LogP contribution in [-0.2, 0) is 4.79 Å². The summed E-state index contributed by atoms with van der Waals surface area (Å²) in [5.41, 5.74) is 0.599. The molecule has 1 fully saturated rings. The summed E-state index contributed by atoms with van der Waals surface area (Å²) in [5.74, 6) is 1.49. The fraction of sp³-hybridized carbons (Fsp3) is 0.652. The first-order chi connectivity index (χ1) is 14.0. The molecule has 0 N–H and O–H groups in total. The van der Waals surface area contributed by atoms with Crippen LogP contribution in [0.15, 0.2) is 18.2 Å². The quantitative estimate of drug-likeness (QED) is 0.592. The molecule has 0 bridgehead atoms. The second kappa shape index (κ2) is 11.7. The van der Waals surface area contributed by atoms with Crippen LogP contribution in [0.25, 0.3) is 0 Å². The van der Waals surface area contributed by atoms with Crippen LogP contribution >= 0.6 is 0 Å². The first-order valence-corrected chi connectivity index (χ1v) is 11.0. The van der Waals surface area contributed by atoms with Crippen LogP contribution < -0.4 is 9.47 Å². The van der Waals surface area contributed by atoms with E-state index < -0.39 is 0 Å². The molecule has 0 radical (unpaired) electrons. The highest BCUT2D eigenvalue weighted by Gasteiger charge is 2.29. The predicted molar refractivity (Wildman–Crippen MR) is 115 cm³/mol. The van der Waals surface area contributed by atoms with Crippen LogP contribution in [0, 0.1) is 5.92 Å². The van der Waals surface area contributed by atoms with E-state index in [-0.39, 0.29) is 17.7 Å². The van der Waals surface area contributed by atoms with Crippen LogP contribution in [0.1, 0.15) is 63.2 Å². The van der Waals surface area contributed by atoms with Gasteiger partial charge in [-0.3, -0.25) is 9.59 Å². The largest absolute Gasteiger partial charge is 0.490 e. The molecule has 0 aromatic heterocycles. The number of rotatable bonds is 10. The molecule has 1 aromatic carbocycles. The molecule has 0 spiro atoms. The van der Waals surface area contributed by atoms with E-state index in [9.17, 15) is 9.59 Å². The molecule has 2 rings (SSSR count). The first-order valence-electron chi connectivity index (χ1n) is 11.0. The average molecular weight is 405 g/mol. The van der Waals surface area contributed by atoms with Gasteiger partial charge >= 0.3 is 0 Å². The third-order valence-electron chi connectivity index (χ3n) is 5.31. The number of carbonyl (C=O) groups is 2. The Balaban J connectivity index is 1.97. The Kier molecular flexibility index (Phi) is 9.29. The van der Waals surface area contributed by atoms with Crippen molar-refractivity contribution in [1.82, 2.24) is 9.80 Å². The van der Waals surface area contributed by atoms with E-state index in [4.69, 9.17) is 9.47 Å². The highest BCUT2D eigenvalue weighted by Crippen LogP contribution is 2.30. The number of likely N-dealkylation sites (tertiary alicyclic amines) is 1. The fourth-order valence-corrected chi connectivity index (χ4v) is 3.57. The molecule has 1 saturated heterocycles. The Labute approximate surface area is 175 Å². The van der Waals surface area contributed by atoms with Crippen molar-refractivity contribution in [2.45, 2.75) is 52.9 Å². The van der Waals surface area contributed by atoms with E-state index in [1.807, 2.05) is 36.8 Å². The number of hydrogen-bond acceptors (Lipinski definition) is 4. The highest BCUT2D eigenvalue weighted by atomic mass is 16.5. The zero-order chi connectivity index (χ0) is 21.2. The van der Waals surface area contributed by atoms with Crippen LogP contribution in [0.2, 0.25) is 0 Å². The number of ether oxygens (including phenoxy) is 2. The maximum Gasteiger partial charge on any atom is 0.253 e. The zero-order valence-corrected chi connectivity index (χ0v) is 18.4. The maximum atomic E-state index is 13.0. The molecule has 2 amide bonds. The zero-order valence-electron chi connectivity index (χ0n) is 18.4. The Morgan fingerprint density at radius 3 is 2.41 bits per heavy atom. The van der Waals surface area contributed by atoms with Crippen LogP contribution in [0.5, 0.6) is 11.5 Å². The van der Waals surface area contributed by atoms with E-state index >= 15 is 0 Å². The molecule has 29 heavy (non-hydrogen) atoms. The van der Waals surface area contributed by atoms with Crippen molar-refractivity contribution in [3.63, 3.8) is 0 Å². The molecule has 162 valence electrons. The third-order valence-corrected chi connectivity index (χ3v) is 5.31. The third kappa shape index (κ3) is 6.38. The lowest BCUT2D eigenvalue weighted by molar-refractivity contribution is -0.135. The van der Waals surface area contributed by atoms with Crippen molar-refractivity contribution < 1.29 is 19.1 Å². The molecule has 6 heteroatoms. The van der Waals surface area contributed by atoms with Gasteiger partial charge in [0, 0.05) is 38.2 Å². The molecular weight excluding hydrogens is 368 g/mol. The summed E-state index contributed by atoms with van der Waals surface area (Å²) in [4.78, 5) is 29.2. The fourth-order valence-electron chi connectivity index (χ4n) is 3.57. The van der Waals surface area contributed by atoms with Gasteiger partial charge in [-0.05, 0) is 50.8 Å². The van der Waals surface area contributed by atoms with Crippen LogP contribution in [0.4, 0.5) is 0 Å². The second-order valence-electron chi connectivity index (χ2n) is 7.62. The van der Waals surface area contributed by atoms with Crippen LogP contribution in [0.3, 0.4) is 0 Å². The lowest BCUT2D eigenvalue weighted by Gasteiger charge is -2.33. The smallest absolute Gasteiger partial charge is 0.253 e. The predicted octanol–water partition coefficient (Wildman–Crippen LogP) is 3.98. The summed E-state index contributed by atoms with van der Waals surface area (Å²) < 4.78 is 11.4. The summed E-state index contributed by atoms with van der Waals surface area (Å²) >= 11 is 0. The summed E-state index contributed by atoms with van der Waals surface area (Å²) in [6.45, 7) is 9.24. The van der Waals surface area contributed by atoms with E-state index in [0.29, 0.717) is 43.4 Å². The van der Waals surface area contributed by atoms with Gasteiger partial charge in [0.05, 0.1) is 13.2 Å². The van der Waals surface area contributed by atoms with Gasteiger partial charge in [0.1, 0.15) is 0 Å². The summed E-state index contributed by atoms with van der Waals surface area (Å²) in [5, 5.41) is 0. The summed E-state index contributed by atoms with van der Waals surface area (Å²) in [7, 11) is 1.88. The van der Waals surface area contributed by atoms with Gasteiger partial charge in [-0.2, -0.15) is 0 Å². The molecule has 0 saturated carbocycles. The van der Waals surface area contributed by atoms with E-state index in [1.54, 1.807) is 12.1 Å². The topological polar surface area (TPSA) is 59.1 Å². The molecular formula is C23H36N2O4. The number of unbranched alkanes of at least 4 members (excludes halogenated alkanes) is 1. The number of carbonyl (C=O) groups excluding carboxylic acids is 2. The molecule has 0 unspecified atom stereocenters. The lowest BCUT2D eigenvalue weighted by Crippen LogP contribution is -2.43. The Morgan fingerprint density at radius 1 is 1.07 bits per heavy atom. The minimum atomic E-state index is -0.0155. The monoisotopic (exact) mass is 404 g/mol. The van der Waals surface area contributed by atoms with Gasteiger partial charge in [-0.1, -0.05) is 20.3 Å². The van der Waals surface area contributed by atoms with Gasteiger partial charge in [-0.15, -0.1) is 0 Å². The normalized spacial score (nSPS) is 14.6. The SMILES string of the molecule is CCCCN(C)C(=O)C1CCN(C(=O)c2ccc(OCCC)c(OCC)c2)CC1. The maximum absolute atomic E-state index is 13.0. The van der Waals surface area contributed by atoms with E-state index in [2.05, 4.69) is 6.92 Å². The van der Waals surface area contributed by atoms with Crippen LogP contribution in [-0.4, -0.2) is 61.5 Å². The summed E-state index contributed by atoms with van der Waals surface area (Å²) in [6, 6.07) is 5.38. The minimum Gasteiger partial charge on any atom is -0.490 e. The number of hydrogen-bond donors (Lipinski definition) is 0. The number of amides is 2. The molecule has 1 aliphatic heterocycles. The van der Waals surface area contributed by atoms with Crippen molar-refractivity contribution in [2.75, 3.05) is 39.9 Å². The average Bonchev–Trinajstić information content (AvgIpc) is 2.75. The van der Waals surface area contributed by atoms with Crippen molar-refractivity contribution in [3.05, 3.63) is 23.8 Å². The molecule has 6 nitrogen and oxygen atoms in total. The molecule has 1 aliphatic rings. The Hall–Kier alpha value is -2.24. The summed E-state index contributed by atoms with van der Waals surface area (Å²) in [6.07, 6.45) is 4.46. The highest BCUT2D eigenvalue weighted by molar-refractivity contribution is 5.95. The lowest BCUT2D eigenvalue weighted by atomic mass is 9.94. The van der Waals surface area contributed by atoms with Gasteiger partial charge in [-0.25, -0.2) is 0 Å². The molecule has 0 aliphatic carbocycles. The van der Waals surface area contributed by atoms with Crippen molar-refractivity contribution in [1.29, 1.82) is 0 Å². The van der Waals surface area contributed by atoms with Crippen molar-refractivity contribution in [3.8, 4) is 11.5 Å². The minimum absolute atomic E-state index is 0.0155. The van der Waals surface area contributed by atoms with Crippen molar-refractivity contribution >= 4 is 11.8 Å². The number of benzene rings is 1. The Bertz CT molecular complexity index is 669.